The van der Waals surface area contributed by atoms with E-state index >= 15 is 0 Å². The van der Waals surface area contributed by atoms with E-state index in [1.54, 1.807) is 0 Å². The molecule has 3 heterocycles. The molecule has 132 valence electrons. The van der Waals surface area contributed by atoms with Crippen LogP contribution in [-0.2, 0) is 19.4 Å². The van der Waals surface area contributed by atoms with Gasteiger partial charge >= 0.3 is 0 Å². The van der Waals surface area contributed by atoms with Crippen LogP contribution < -0.4 is 4.90 Å². The van der Waals surface area contributed by atoms with Crippen molar-refractivity contribution < 1.29 is 4.52 Å². The Labute approximate surface area is 147 Å². The summed E-state index contributed by atoms with van der Waals surface area (Å²) in [5.41, 5.74) is 2.72. The normalized spacial score (nSPS) is 20.9. The maximum Gasteiger partial charge on any atom is 0.240 e. The first-order valence-corrected chi connectivity index (χ1v) is 9.42. The van der Waals surface area contributed by atoms with Crippen LogP contribution in [0.3, 0.4) is 0 Å². The molecule has 25 heavy (non-hydrogen) atoms. The van der Waals surface area contributed by atoms with Crippen molar-refractivity contribution >= 4 is 5.82 Å². The lowest BCUT2D eigenvalue weighted by Gasteiger charge is -2.35. The minimum Gasteiger partial charge on any atom is -0.354 e. The molecule has 2 aromatic heterocycles. The van der Waals surface area contributed by atoms with Gasteiger partial charge in [0.1, 0.15) is 11.6 Å². The molecule has 5 rings (SSSR count). The van der Waals surface area contributed by atoms with Gasteiger partial charge in [0, 0.05) is 43.4 Å². The molecule has 0 amide bonds. The Kier molecular flexibility index (Phi) is 3.69. The van der Waals surface area contributed by atoms with Crippen molar-refractivity contribution in [3.8, 4) is 0 Å². The molecule has 0 aromatic carbocycles. The molecule has 0 atom stereocenters. The minimum atomic E-state index is 0.617. The molecule has 3 aliphatic rings. The Morgan fingerprint density at radius 2 is 1.88 bits per heavy atom. The van der Waals surface area contributed by atoms with Crippen LogP contribution in [0.15, 0.2) is 4.52 Å². The monoisotopic (exact) mass is 340 g/mol. The fourth-order valence-corrected chi connectivity index (χ4v) is 3.93. The first-order valence-electron chi connectivity index (χ1n) is 9.42. The SMILES string of the molecule is Cc1noc(CN2CCN(c3nc(C4CC4)nc4c3CCC4)CC2)n1. The highest BCUT2D eigenvalue weighted by Crippen LogP contribution is 2.40. The lowest BCUT2D eigenvalue weighted by atomic mass is 10.2. The van der Waals surface area contributed by atoms with Gasteiger partial charge in [-0.1, -0.05) is 5.16 Å². The Hall–Kier alpha value is -2.02. The van der Waals surface area contributed by atoms with Crippen LogP contribution >= 0.6 is 0 Å². The van der Waals surface area contributed by atoms with E-state index in [4.69, 9.17) is 14.5 Å². The summed E-state index contributed by atoms with van der Waals surface area (Å²) in [5, 5.41) is 3.88. The Bertz CT molecular complexity index is 776. The average molecular weight is 340 g/mol. The number of aryl methyl sites for hydroxylation is 2. The van der Waals surface area contributed by atoms with Gasteiger partial charge in [0.05, 0.1) is 6.54 Å². The predicted octanol–water partition coefficient (Wildman–Crippen LogP) is 1.86. The summed E-state index contributed by atoms with van der Waals surface area (Å²) in [6.07, 6.45) is 6.00. The molecule has 0 radical (unpaired) electrons. The van der Waals surface area contributed by atoms with Gasteiger partial charge in [0.25, 0.3) is 0 Å². The minimum absolute atomic E-state index is 0.617. The quantitative estimate of drug-likeness (QED) is 0.841. The zero-order valence-corrected chi connectivity index (χ0v) is 14.7. The second-order valence-electron chi connectivity index (χ2n) is 7.46. The van der Waals surface area contributed by atoms with Gasteiger partial charge in [-0.15, -0.1) is 0 Å². The van der Waals surface area contributed by atoms with E-state index in [2.05, 4.69) is 19.9 Å². The molecule has 0 unspecified atom stereocenters. The topological polar surface area (TPSA) is 71.2 Å². The Balaban J connectivity index is 1.30. The van der Waals surface area contributed by atoms with E-state index in [0.29, 0.717) is 17.6 Å². The zero-order chi connectivity index (χ0) is 16.8. The van der Waals surface area contributed by atoms with Crippen LogP contribution in [0.25, 0.3) is 0 Å². The molecule has 0 spiro atoms. The van der Waals surface area contributed by atoms with Gasteiger partial charge in [-0.05, 0) is 39.0 Å². The summed E-state index contributed by atoms with van der Waals surface area (Å²) < 4.78 is 5.25. The van der Waals surface area contributed by atoms with Crippen molar-refractivity contribution in [3.05, 3.63) is 28.8 Å². The molecule has 0 bridgehead atoms. The first kappa shape index (κ1) is 15.3. The standard InChI is InChI=1S/C18H24N6O/c1-12-19-16(25-22-12)11-23-7-9-24(10-8-23)18-14-3-2-4-15(14)20-17(21-18)13-5-6-13/h13H,2-11H2,1H3. The second-order valence-corrected chi connectivity index (χ2v) is 7.46. The van der Waals surface area contributed by atoms with Crippen LogP contribution in [0.5, 0.6) is 0 Å². The van der Waals surface area contributed by atoms with Gasteiger partial charge in [0.15, 0.2) is 5.82 Å². The molecule has 1 saturated heterocycles. The van der Waals surface area contributed by atoms with Gasteiger partial charge in [-0.2, -0.15) is 4.98 Å². The number of hydrogen-bond acceptors (Lipinski definition) is 7. The van der Waals surface area contributed by atoms with Crippen molar-refractivity contribution in [2.24, 2.45) is 0 Å². The fourth-order valence-electron chi connectivity index (χ4n) is 3.93. The van der Waals surface area contributed by atoms with Crippen molar-refractivity contribution in [1.82, 2.24) is 25.0 Å². The highest BCUT2D eigenvalue weighted by atomic mass is 16.5. The summed E-state index contributed by atoms with van der Waals surface area (Å²) >= 11 is 0. The van der Waals surface area contributed by atoms with Gasteiger partial charge in [-0.25, -0.2) is 9.97 Å². The number of anilines is 1. The van der Waals surface area contributed by atoms with Crippen molar-refractivity contribution in [3.63, 3.8) is 0 Å². The van der Waals surface area contributed by atoms with E-state index < -0.39 is 0 Å². The molecule has 7 heteroatoms. The van der Waals surface area contributed by atoms with Crippen LogP contribution in [0.4, 0.5) is 5.82 Å². The van der Waals surface area contributed by atoms with E-state index in [1.165, 1.54) is 36.3 Å². The molecule has 7 nitrogen and oxygen atoms in total. The molecule has 2 fully saturated rings. The predicted molar refractivity (Wildman–Crippen MR) is 92.6 cm³/mol. The molecule has 1 saturated carbocycles. The molecule has 0 N–H and O–H groups in total. The van der Waals surface area contributed by atoms with Crippen LogP contribution in [0.2, 0.25) is 0 Å². The van der Waals surface area contributed by atoms with Gasteiger partial charge in [-0.3, -0.25) is 4.90 Å². The van der Waals surface area contributed by atoms with Crippen LogP contribution in [0.1, 0.15) is 54.0 Å². The molecular formula is C18H24N6O. The van der Waals surface area contributed by atoms with Gasteiger partial charge < -0.3 is 9.42 Å². The number of piperazine rings is 1. The van der Waals surface area contributed by atoms with Gasteiger partial charge in [0.2, 0.25) is 5.89 Å². The lowest BCUT2D eigenvalue weighted by Crippen LogP contribution is -2.46. The van der Waals surface area contributed by atoms with Crippen molar-refractivity contribution in [2.45, 2.75) is 51.5 Å². The number of nitrogens with zero attached hydrogens (tertiary/aromatic N) is 6. The number of hydrogen-bond donors (Lipinski definition) is 0. The summed E-state index contributed by atoms with van der Waals surface area (Å²) in [6, 6.07) is 0. The maximum atomic E-state index is 5.25. The number of aromatic nitrogens is 4. The molecule has 1 aliphatic heterocycles. The lowest BCUT2D eigenvalue weighted by molar-refractivity contribution is 0.215. The Morgan fingerprint density at radius 1 is 1.04 bits per heavy atom. The third-order valence-corrected chi connectivity index (χ3v) is 5.47. The number of rotatable bonds is 4. The third-order valence-electron chi connectivity index (χ3n) is 5.47. The highest BCUT2D eigenvalue weighted by molar-refractivity contribution is 5.52. The summed E-state index contributed by atoms with van der Waals surface area (Å²) in [5.74, 6) is 4.35. The van der Waals surface area contributed by atoms with Crippen LogP contribution in [-0.4, -0.2) is 51.2 Å². The van der Waals surface area contributed by atoms with E-state index in [9.17, 15) is 0 Å². The zero-order valence-electron chi connectivity index (χ0n) is 14.7. The smallest absolute Gasteiger partial charge is 0.240 e. The maximum absolute atomic E-state index is 5.25. The van der Waals surface area contributed by atoms with E-state index in [-0.39, 0.29) is 0 Å². The van der Waals surface area contributed by atoms with Crippen molar-refractivity contribution in [1.29, 1.82) is 0 Å². The second kappa shape index (κ2) is 6.05. The average Bonchev–Trinajstić information content (AvgIpc) is 3.23. The number of fused-ring (bicyclic) bond motifs is 1. The Morgan fingerprint density at radius 3 is 2.60 bits per heavy atom. The van der Waals surface area contributed by atoms with E-state index in [1.807, 2.05) is 6.92 Å². The highest BCUT2D eigenvalue weighted by Gasteiger charge is 2.31. The van der Waals surface area contributed by atoms with Crippen LogP contribution in [0, 0.1) is 6.92 Å². The molecule has 2 aliphatic carbocycles. The third kappa shape index (κ3) is 3.01. The molecule has 2 aromatic rings. The largest absolute Gasteiger partial charge is 0.354 e. The summed E-state index contributed by atoms with van der Waals surface area (Å²) in [7, 11) is 0. The first-order chi connectivity index (χ1) is 12.3. The van der Waals surface area contributed by atoms with E-state index in [0.717, 1.165) is 51.4 Å². The fraction of sp³-hybridized carbons (Fsp3) is 0.667. The van der Waals surface area contributed by atoms with Crippen molar-refractivity contribution in [2.75, 3.05) is 31.1 Å². The molecular weight excluding hydrogens is 316 g/mol. The summed E-state index contributed by atoms with van der Waals surface area (Å²) in [6.45, 7) is 6.60. The summed E-state index contributed by atoms with van der Waals surface area (Å²) in [4.78, 5) is 19.0.